The van der Waals surface area contributed by atoms with Crippen LogP contribution in [-0.2, 0) is 9.53 Å². The summed E-state index contributed by atoms with van der Waals surface area (Å²) in [4.78, 5) is 27.2. The molecular formula is C24H27N5O3. The number of nitrogens with one attached hydrogen (secondary N) is 1. The molecule has 0 saturated carbocycles. The molecule has 8 heteroatoms. The number of nitrogens with zero attached hydrogens (tertiary/aromatic N) is 4. The average molecular weight is 434 g/mol. The van der Waals surface area contributed by atoms with Gasteiger partial charge in [-0.05, 0) is 37.5 Å². The number of hydrogen-bond acceptors (Lipinski definition) is 6. The molecule has 8 nitrogen and oxygen atoms in total. The topological polar surface area (TPSA) is 89.4 Å². The highest BCUT2D eigenvalue weighted by atomic mass is 16.5. The fourth-order valence-corrected chi connectivity index (χ4v) is 4.07. The van der Waals surface area contributed by atoms with Gasteiger partial charge in [0.1, 0.15) is 6.04 Å². The predicted octanol–water partition coefficient (Wildman–Crippen LogP) is 3.39. The highest BCUT2D eigenvalue weighted by molar-refractivity contribution is 5.95. The summed E-state index contributed by atoms with van der Waals surface area (Å²) in [6.45, 7) is 3.46. The molecule has 3 aromatic rings. The van der Waals surface area contributed by atoms with Gasteiger partial charge in [-0.15, -0.1) is 5.10 Å². The summed E-state index contributed by atoms with van der Waals surface area (Å²) in [6.07, 6.45) is 3.22. The Bertz CT molecular complexity index is 1060. The van der Waals surface area contributed by atoms with Crippen LogP contribution in [0, 0.1) is 6.92 Å². The van der Waals surface area contributed by atoms with Gasteiger partial charge in [-0.3, -0.25) is 9.69 Å². The number of amides is 1. The second kappa shape index (κ2) is 9.74. The number of anilines is 1. The van der Waals surface area contributed by atoms with Gasteiger partial charge in [0, 0.05) is 18.8 Å². The van der Waals surface area contributed by atoms with Gasteiger partial charge >= 0.3 is 5.97 Å². The van der Waals surface area contributed by atoms with E-state index >= 15 is 0 Å². The lowest BCUT2D eigenvalue weighted by atomic mass is 9.98. The number of methoxy groups -OCH3 is 1. The van der Waals surface area contributed by atoms with Gasteiger partial charge in [0.2, 0.25) is 5.91 Å². The van der Waals surface area contributed by atoms with E-state index in [4.69, 9.17) is 4.74 Å². The molecule has 2 heterocycles. The summed E-state index contributed by atoms with van der Waals surface area (Å²) in [5.41, 5.74) is 3.10. The van der Waals surface area contributed by atoms with Crippen LogP contribution in [0.4, 0.5) is 5.69 Å². The zero-order valence-corrected chi connectivity index (χ0v) is 18.3. The summed E-state index contributed by atoms with van der Waals surface area (Å²) < 4.78 is 6.44. The molecule has 0 unspecified atom stereocenters. The van der Waals surface area contributed by atoms with Crippen LogP contribution in [0.1, 0.15) is 46.5 Å². The third kappa shape index (κ3) is 4.86. The Hall–Kier alpha value is -3.52. The normalized spacial score (nSPS) is 15.8. The minimum absolute atomic E-state index is 0.0489. The van der Waals surface area contributed by atoms with Crippen molar-refractivity contribution in [1.29, 1.82) is 0 Å². The quantitative estimate of drug-likeness (QED) is 0.600. The lowest BCUT2D eigenvalue weighted by molar-refractivity contribution is -0.122. The molecule has 0 bridgehead atoms. The number of likely N-dealkylation sites (tertiary alicyclic amines) is 1. The monoisotopic (exact) mass is 433 g/mol. The number of rotatable bonds is 6. The van der Waals surface area contributed by atoms with E-state index in [9.17, 15) is 9.59 Å². The van der Waals surface area contributed by atoms with E-state index in [2.05, 4.69) is 20.5 Å². The van der Waals surface area contributed by atoms with E-state index < -0.39 is 5.97 Å². The molecule has 4 rings (SSSR count). The number of esters is 1. The zero-order valence-electron chi connectivity index (χ0n) is 18.3. The molecule has 0 spiro atoms. The first-order valence-electron chi connectivity index (χ1n) is 10.7. The van der Waals surface area contributed by atoms with E-state index in [-0.39, 0.29) is 23.7 Å². The first kappa shape index (κ1) is 21.7. The highest BCUT2D eigenvalue weighted by Crippen LogP contribution is 2.30. The number of aryl methyl sites for hydroxylation is 1. The van der Waals surface area contributed by atoms with Gasteiger partial charge < -0.3 is 10.1 Å². The molecule has 1 N–H and O–H groups in total. The smallest absolute Gasteiger partial charge is 0.360 e. The lowest BCUT2D eigenvalue weighted by Crippen LogP contribution is -2.42. The molecular weight excluding hydrogens is 406 g/mol. The molecule has 1 aliphatic heterocycles. The zero-order chi connectivity index (χ0) is 22.5. The van der Waals surface area contributed by atoms with Crippen molar-refractivity contribution < 1.29 is 14.3 Å². The molecule has 166 valence electrons. The Labute approximate surface area is 187 Å². The molecule has 0 aliphatic carbocycles. The Morgan fingerprint density at radius 1 is 1.06 bits per heavy atom. The second-order valence-corrected chi connectivity index (χ2v) is 8.01. The van der Waals surface area contributed by atoms with Crippen LogP contribution in [0.5, 0.6) is 0 Å². The molecule has 0 radical (unpaired) electrons. The first-order chi connectivity index (χ1) is 15.5. The number of aromatic nitrogens is 3. The van der Waals surface area contributed by atoms with Gasteiger partial charge in [-0.1, -0.05) is 53.2 Å². The summed E-state index contributed by atoms with van der Waals surface area (Å²) in [5.74, 6) is -0.544. The van der Waals surface area contributed by atoms with Crippen molar-refractivity contribution in [2.75, 3.05) is 25.5 Å². The van der Waals surface area contributed by atoms with Crippen LogP contribution in [0.3, 0.4) is 0 Å². The van der Waals surface area contributed by atoms with Crippen LogP contribution >= 0.6 is 0 Å². The summed E-state index contributed by atoms with van der Waals surface area (Å²) in [7, 11) is 1.32. The number of carbonyl (C=O) groups is 2. The van der Waals surface area contributed by atoms with Crippen LogP contribution in [-0.4, -0.2) is 52.0 Å². The number of piperidine rings is 1. The third-order valence-electron chi connectivity index (χ3n) is 5.83. The Kier molecular flexibility index (Phi) is 6.61. The molecule has 32 heavy (non-hydrogen) atoms. The maximum atomic E-state index is 13.3. The van der Waals surface area contributed by atoms with Gasteiger partial charge in [0.15, 0.2) is 5.69 Å². The molecule has 2 aromatic carbocycles. The second-order valence-electron chi connectivity index (χ2n) is 8.01. The molecule has 1 atom stereocenters. The fourth-order valence-electron chi connectivity index (χ4n) is 4.07. The summed E-state index contributed by atoms with van der Waals surface area (Å²) >= 11 is 0. The van der Waals surface area contributed by atoms with Gasteiger partial charge in [-0.2, -0.15) is 0 Å². The Morgan fingerprint density at radius 2 is 1.75 bits per heavy atom. The number of benzene rings is 2. The minimum atomic E-state index is -0.495. The van der Waals surface area contributed by atoms with E-state index in [1.165, 1.54) is 7.11 Å². The maximum absolute atomic E-state index is 13.3. The summed E-state index contributed by atoms with van der Waals surface area (Å²) in [5, 5.41) is 11.1. The van der Waals surface area contributed by atoms with Gasteiger partial charge in [-0.25, -0.2) is 9.48 Å². The van der Waals surface area contributed by atoms with Crippen molar-refractivity contribution in [3.8, 4) is 0 Å². The summed E-state index contributed by atoms with van der Waals surface area (Å²) in [6, 6.07) is 17.4. The van der Waals surface area contributed by atoms with Crippen LogP contribution in [0.2, 0.25) is 0 Å². The van der Waals surface area contributed by atoms with Crippen molar-refractivity contribution in [2.24, 2.45) is 0 Å². The van der Waals surface area contributed by atoms with Gasteiger partial charge in [0.25, 0.3) is 0 Å². The van der Waals surface area contributed by atoms with Crippen LogP contribution in [0.15, 0.2) is 60.8 Å². The van der Waals surface area contributed by atoms with Crippen molar-refractivity contribution >= 4 is 17.6 Å². The van der Waals surface area contributed by atoms with Crippen molar-refractivity contribution in [3.63, 3.8) is 0 Å². The maximum Gasteiger partial charge on any atom is 0.360 e. The van der Waals surface area contributed by atoms with Gasteiger partial charge in [0.05, 0.1) is 19.3 Å². The van der Waals surface area contributed by atoms with E-state index in [1.54, 1.807) is 10.9 Å². The molecule has 1 amide bonds. The lowest BCUT2D eigenvalue weighted by Gasteiger charge is -2.37. The van der Waals surface area contributed by atoms with Crippen molar-refractivity contribution in [2.45, 2.75) is 31.8 Å². The predicted molar refractivity (Wildman–Crippen MR) is 120 cm³/mol. The SMILES string of the molecule is COC(=O)c1cn(C2CCN([C@H](C(=O)Nc3ccc(C)cc3)c3ccccc3)CC2)nn1. The minimum Gasteiger partial charge on any atom is -0.464 e. The largest absolute Gasteiger partial charge is 0.464 e. The van der Waals surface area contributed by atoms with E-state index in [1.807, 2.05) is 61.5 Å². The molecule has 1 saturated heterocycles. The van der Waals surface area contributed by atoms with E-state index in [0.717, 1.165) is 42.7 Å². The number of hydrogen-bond donors (Lipinski definition) is 1. The first-order valence-corrected chi connectivity index (χ1v) is 10.7. The average Bonchev–Trinajstić information content (AvgIpc) is 3.32. The van der Waals surface area contributed by atoms with Crippen molar-refractivity contribution in [1.82, 2.24) is 19.9 Å². The molecule has 1 aliphatic rings. The highest BCUT2D eigenvalue weighted by Gasteiger charge is 2.32. The third-order valence-corrected chi connectivity index (χ3v) is 5.83. The Balaban J connectivity index is 1.48. The molecule has 1 fully saturated rings. The van der Waals surface area contributed by atoms with Crippen molar-refractivity contribution in [3.05, 3.63) is 77.6 Å². The van der Waals surface area contributed by atoms with Crippen LogP contribution < -0.4 is 5.32 Å². The standard InChI is InChI=1S/C24H27N5O3/c1-17-8-10-19(11-9-17)25-23(30)22(18-6-4-3-5-7-18)28-14-12-20(13-15-28)29-16-21(26-27-29)24(31)32-2/h3-11,16,20,22H,12-15H2,1-2H3,(H,25,30)/t22-/m0/s1. The van der Waals surface area contributed by atoms with E-state index in [0.29, 0.717) is 0 Å². The number of carbonyl (C=O) groups excluding carboxylic acids is 2. The number of ether oxygens (including phenoxy) is 1. The Morgan fingerprint density at radius 3 is 2.41 bits per heavy atom. The van der Waals surface area contributed by atoms with Crippen LogP contribution in [0.25, 0.3) is 0 Å². The fraction of sp³-hybridized carbons (Fsp3) is 0.333. The molecule has 1 aromatic heterocycles.